The van der Waals surface area contributed by atoms with Crippen molar-refractivity contribution in [3.63, 3.8) is 0 Å². The third kappa shape index (κ3) is 5.33. The first-order chi connectivity index (χ1) is 13.6. The van der Waals surface area contributed by atoms with Crippen molar-refractivity contribution in [3.8, 4) is 5.75 Å². The smallest absolute Gasteiger partial charge is 0.264 e. The fraction of sp³-hybridized carbons (Fsp3) is 0.429. The number of thiophene rings is 1. The van der Waals surface area contributed by atoms with Crippen LogP contribution in [0.5, 0.6) is 5.75 Å². The fourth-order valence-electron chi connectivity index (χ4n) is 3.46. The van der Waals surface area contributed by atoms with Crippen LogP contribution < -0.4 is 10.1 Å². The van der Waals surface area contributed by atoms with Crippen molar-refractivity contribution in [2.24, 2.45) is 0 Å². The number of piperidine rings is 1. The molecule has 0 radical (unpaired) electrons. The Balaban J connectivity index is 1.42. The third-order valence-electron chi connectivity index (χ3n) is 5.00. The lowest BCUT2D eigenvalue weighted by atomic mass is 10.0. The quantitative estimate of drug-likeness (QED) is 0.775. The number of likely N-dealkylation sites (N-methyl/N-ethyl adjacent to an activating group) is 1. The van der Waals surface area contributed by atoms with Crippen molar-refractivity contribution in [2.75, 3.05) is 33.8 Å². The van der Waals surface area contributed by atoms with E-state index in [4.69, 9.17) is 4.74 Å². The summed E-state index contributed by atoms with van der Waals surface area (Å²) in [6.07, 6.45) is 1.81. The van der Waals surface area contributed by atoms with Gasteiger partial charge in [-0.3, -0.25) is 14.5 Å². The lowest BCUT2D eigenvalue weighted by Gasteiger charge is -2.33. The molecule has 2 heterocycles. The standard InChI is InChI=1S/C21H27N3O3S/c1-23(21(26)19-8-5-13-28-19)15-20(25)22-17-9-11-24(12-10-17)14-16-6-3-4-7-18(16)27-2/h3-8,13,17H,9-12,14-15H2,1-2H3,(H,22,25). The van der Waals surface area contributed by atoms with Gasteiger partial charge >= 0.3 is 0 Å². The van der Waals surface area contributed by atoms with E-state index >= 15 is 0 Å². The van der Waals surface area contributed by atoms with E-state index in [2.05, 4.69) is 16.3 Å². The van der Waals surface area contributed by atoms with Crippen LogP contribution in [0, 0.1) is 0 Å². The second-order valence-electron chi connectivity index (χ2n) is 7.07. The number of nitrogens with one attached hydrogen (secondary N) is 1. The van der Waals surface area contributed by atoms with Gasteiger partial charge in [-0.15, -0.1) is 11.3 Å². The zero-order valence-corrected chi connectivity index (χ0v) is 17.2. The third-order valence-corrected chi connectivity index (χ3v) is 5.86. The van der Waals surface area contributed by atoms with Crippen molar-refractivity contribution in [3.05, 3.63) is 52.2 Å². The SMILES string of the molecule is COc1ccccc1CN1CCC(NC(=O)CN(C)C(=O)c2cccs2)CC1. The number of para-hydroxylation sites is 1. The molecule has 1 aromatic heterocycles. The fourth-order valence-corrected chi connectivity index (χ4v) is 4.18. The summed E-state index contributed by atoms with van der Waals surface area (Å²) in [6.45, 7) is 2.78. The van der Waals surface area contributed by atoms with E-state index in [0.717, 1.165) is 38.2 Å². The highest BCUT2D eigenvalue weighted by Crippen LogP contribution is 2.21. The van der Waals surface area contributed by atoms with Gasteiger partial charge < -0.3 is 15.0 Å². The summed E-state index contributed by atoms with van der Waals surface area (Å²) in [5.41, 5.74) is 1.18. The Morgan fingerprint density at radius 1 is 1.21 bits per heavy atom. The molecule has 0 aliphatic carbocycles. The summed E-state index contributed by atoms with van der Waals surface area (Å²) in [4.78, 5) is 29.1. The molecule has 0 saturated carbocycles. The number of hydrogen-bond acceptors (Lipinski definition) is 5. The van der Waals surface area contributed by atoms with E-state index in [1.165, 1.54) is 21.8 Å². The Morgan fingerprint density at radius 2 is 1.96 bits per heavy atom. The second-order valence-corrected chi connectivity index (χ2v) is 8.02. The molecule has 0 unspecified atom stereocenters. The predicted molar refractivity (Wildman–Crippen MR) is 111 cm³/mol. The summed E-state index contributed by atoms with van der Waals surface area (Å²) in [7, 11) is 3.36. The zero-order chi connectivity index (χ0) is 19.9. The van der Waals surface area contributed by atoms with E-state index in [1.54, 1.807) is 20.2 Å². The molecule has 2 amide bonds. The lowest BCUT2D eigenvalue weighted by molar-refractivity contribution is -0.122. The van der Waals surface area contributed by atoms with E-state index in [1.807, 2.05) is 29.6 Å². The summed E-state index contributed by atoms with van der Waals surface area (Å²) >= 11 is 1.39. The van der Waals surface area contributed by atoms with Gasteiger partial charge in [-0.25, -0.2) is 0 Å². The molecule has 7 heteroatoms. The van der Waals surface area contributed by atoms with Gasteiger partial charge in [-0.1, -0.05) is 24.3 Å². The number of likely N-dealkylation sites (tertiary alicyclic amines) is 1. The predicted octanol–water partition coefficient (Wildman–Crippen LogP) is 2.61. The van der Waals surface area contributed by atoms with Gasteiger partial charge in [0, 0.05) is 38.3 Å². The summed E-state index contributed by atoms with van der Waals surface area (Å²) in [5.74, 6) is 0.698. The molecule has 1 N–H and O–H groups in total. The van der Waals surface area contributed by atoms with E-state index in [9.17, 15) is 9.59 Å². The Hall–Kier alpha value is -2.38. The largest absolute Gasteiger partial charge is 0.496 e. The molecule has 1 saturated heterocycles. The van der Waals surface area contributed by atoms with Crippen molar-refractivity contribution in [1.29, 1.82) is 0 Å². The molecule has 3 rings (SSSR count). The number of rotatable bonds is 7. The summed E-state index contributed by atoms with van der Waals surface area (Å²) in [5, 5.41) is 4.94. The highest BCUT2D eigenvalue weighted by atomic mass is 32.1. The molecule has 150 valence electrons. The maximum Gasteiger partial charge on any atom is 0.264 e. The molecule has 2 aromatic rings. The van der Waals surface area contributed by atoms with E-state index in [-0.39, 0.29) is 24.4 Å². The monoisotopic (exact) mass is 401 g/mol. The Kier molecular flexibility index (Phi) is 7.06. The number of carbonyl (C=O) groups excluding carboxylic acids is 2. The van der Waals surface area contributed by atoms with Crippen LogP contribution in [0.2, 0.25) is 0 Å². The second kappa shape index (κ2) is 9.71. The van der Waals surface area contributed by atoms with Crippen LogP contribution in [0.15, 0.2) is 41.8 Å². The van der Waals surface area contributed by atoms with Crippen LogP contribution in [0.25, 0.3) is 0 Å². The normalized spacial score (nSPS) is 15.2. The number of benzene rings is 1. The van der Waals surface area contributed by atoms with Crippen molar-refractivity contribution in [2.45, 2.75) is 25.4 Å². The molecule has 0 atom stereocenters. The van der Waals surface area contributed by atoms with Gasteiger partial charge in [0.05, 0.1) is 18.5 Å². The van der Waals surface area contributed by atoms with E-state index < -0.39 is 0 Å². The van der Waals surface area contributed by atoms with Crippen LogP contribution in [-0.4, -0.2) is 61.4 Å². The van der Waals surface area contributed by atoms with Crippen molar-refractivity contribution >= 4 is 23.2 Å². The highest BCUT2D eigenvalue weighted by Gasteiger charge is 2.23. The van der Waals surface area contributed by atoms with Gasteiger partial charge in [0.15, 0.2) is 0 Å². The number of carbonyl (C=O) groups is 2. The van der Waals surface area contributed by atoms with E-state index in [0.29, 0.717) is 4.88 Å². The van der Waals surface area contributed by atoms with Crippen LogP contribution in [0.4, 0.5) is 0 Å². The zero-order valence-electron chi connectivity index (χ0n) is 16.4. The number of ether oxygens (including phenoxy) is 1. The maximum atomic E-state index is 12.3. The van der Waals surface area contributed by atoms with Gasteiger partial charge in [0.2, 0.25) is 5.91 Å². The van der Waals surface area contributed by atoms with Crippen molar-refractivity contribution in [1.82, 2.24) is 15.1 Å². The average Bonchev–Trinajstić information content (AvgIpc) is 3.24. The van der Waals surface area contributed by atoms with Crippen LogP contribution in [0.3, 0.4) is 0 Å². The molecule has 1 aliphatic rings. The number of amides is 2. The van der Waals surface area contributed by atoms with Gasteiger partial charge in [-0.2, -0.15) is 0 Å². The molecule has 0 bridgehead atoms. The number of methoxy groups -OCH3 is 1. The van der Waals surface area contributed by atoms with Gasteiger partial charge in [0.25, 0.3) is 5.91 Å². The molecule has 1 fully saturated rings. The van der Waals surface area contributed by atoms with Crippen LogP contribution in [-0.2, 0) is 11.3 Å². The maximum absolute atomic E-state index is 12.3. The van der Waals surface area contributed by atoms with Gasteiger partial charge in [0.1, 0.15) is 5.75 Å². The molecular formula is C21H27N3O3S. The first-order valence-electron chi connectivity index (χ1n) is 9.49. The summed E-state index contributed by atoms with van der Waals surface area (Å²) in [6, 6.07) is 11.8. The summed E-state index contributed by atoms with van der Waals surface area (Å²) < 4.78 is 5.43. The number of nitrogens with zero attached hydrogens (tertiary/aromatic N) is 2. The highest BCUT2D eigenvalue weighted by molar-refractivity contribution is 7.12. The molecular weight excluding hydrogens is 374 g/mol. The minimum atomic E-state index is -0.114. The minimum absolute atomic E-state index is 0.0815. The first-order valence-corrected chi connectivity index (χ1v) is 10.4. The Labute approximate surface area is 170 Å². The Bertz CT molecular complexity index is 786. The molecule has 1 aliphatic heterocycles. The first kappa shape index (κ1) is 20.4. The molecule has 6 nitrogen and oxygen atoms in total. The van der Waals surface area contributed by atoms with Crippen LogP contribution in [0.1, 0.15) is 28.1 Å². The molecule has 0 spiro atoms. The number of hydrogen-bond donors (Lipinski definition) is 1. The lowest BCUT2D eigenvalue weighted by Crippen LogP contribution is -2.47. The molecule has 28 heavy (non-hydrogen) atoms. The average molecular weight is 402 g/mol. The Morgan fingerprint density at radius 3 is 2.64 bits per heavy atom. The van der Waals surface area contributed by atoms with Crippen molar-refractivity contribution < 1.29 is 14.3 Å². The topological polar surface area (TPSA) is 61.9 Å². The van der Waals surface area contributed by atoms with Gasteiger partial charge in [-0.05, 0) is 30.4 Å². The van der Waals surface area contributed by atoms with Crippen LogP contribution >= 0.6 is 11.3 Å². The molecule has 1 aromatic carbocycles. The minimum Gasteiger partial charge on any atom is -0.496 e.